The SMILES string of the molecule is CCOC(=O)c1ccc(N2CCN(C(=O)c3ccc(CS(=O)(=O)c4ccccc4)cc3)CC2)nc1. The molecule has 4 rings (SSSR count). The Labute approximate surface area is 205 Å². The first-order valence-electron chi connectivity index (χ1n) is 11.4. The second-order valence-electron chi connectivity index (χ2n) is 8.17. The van der Waals surface area contributed by atoms with Gasteiger partial charge in [0.25, 0.3) is 5.91 Å². The molecule has 1 amide bonds. The largest absolute Gasteiger partial charge is 0.462 e. The molecule has 0 bridgehead atoms. The lowest BCUT2D eigenvalue weighted by Crippen LogP contribution is -2.49. The maximum Gasteiger partial charge on any atom is 0.339 e. The number of sulfone groups is 1. The van der Waals surface area contributed by atoms with Crippen LogP contribution in [0.15, 0.2) is 77.8 Å². The average molecular weight is 494 g/mol. The molecule has 35 heavy (non-hydrogen) atoms. The standard InChI is InChI=1S/C26H27N3O5S/c1-2-34-26(31)22-12-13-24(27-18-22)28-14-16-29(17-15-28)25(30)21-10-8-20(9-11-21)19-35(32,33)23-6-4-3-5-7-23/h3-13,18H,2,14-17,19H2,1H3. The summed E-state index contributed by atoms with van der Waals surface area (Å²) < 4.78 is 30.2. The van der Waals surface area contributed by atoms with E-state index < -0.39 is 15.8 Å². The summed E-state index contributed by atoms with van der Waals surface area (Å²) in [6.07, 6.45) is 1.50. The van der Waals surface area contributed by atoms with Crippen molar-refractivity contribution in [2.75, 3.05) is 37.7 Å². The molecule has 182 valence electrons. The zero-order chi connectivity index (χ0) is 24.8. The van der Waals surface area contributed by atoms with E-state index >= 15 is 0 Å². The average Bonchev–Trinajstić information content (AvgIpc) is 2.89. The first kappa shape index (κ1) is 24.4. The molecule has 1 fully saturated rings. The number of nitrogens with zero attached hydrogens (tertiary/aromatic N) is 3. The molecular weight excluding hydrogens is 466 g/mol. The topological polar surface area (TPSA) is 96.9 Å². The van der Waals surface area contributed by atoms with Crippen molar-refractivity contribution >= 4 is 27.5 Å². The van der Waals surface area contributed by atoms with Crippen LogP contribution in [-0.2, 0) is 20.3 Å². The maximum absolute atomic E-state index is 13.0. The first-order chi connectivity index (χ1) is 16.9. The van der Waals surface area contributed by atoms with Gasteiger partial charge in [-0.3, -0.25) is 4.79 Å². The molecule has 0 N–H and O–H groups in total. The zero-order valence-corrected chi connectivity index (χ0v) is 20.3. The highest BCUT2D eigenvalue weighted by Crippen LogP contribution is 2.19. The Kier molecular flexibility index (Phi) is 7.45. The summed E-state index contributed by atoms with van der Waals surface area (Å²) in [5.74, 6) is 0.138. The number of hydrogen-bond acceptors (Lipinski definition) is 7. The molecular formula is C26H27N3O5S. The first-order valence-corrected chi connectivity index (χ1v) is 13.1. The van der Waals surface area contributed by atoms with Crippen LogP contribution < -0.4 is 4.90 Å². The van der Waals surface area contributed by atoms with E-state index in [1.165, 1.54) is 6.20 Å². The Morgan fingerprint density at radius 1 is 0.886 bits per heavy atom. The highest BCUT2D eigenvalue weighted by atomic mass is 32.2. The molecule has 2 heterocycles. The number of rotatable bonds is 7. The van der Waals surface area contributed by atoms with Gasteiger partial charge in [0, 0.05) is 37.9 Å². The van der Waals surface area contributed by atoms with Gasteiger partial charge in [0.2, 0.25) is 0 Å². The number of aromatic nitrogens is 1. The van der Waals surface area contributed by atoms with Gasteiger partial charge < -0.3 is 14.5 Å². The second kappa shape index (κ2) is 10.7. The molecule has 1 saturated heterocycles. The lowest BCUT2D eigenvalue weighted by molar-refractivity contribution is 0.0525. The van der Waals surface area contributed by atoms with Crippen LogP contribution in [0.25, 0.3) is 0 Å². The van der Waals surface area contributed by atoms with Gasteiger partial charge in [-0.15, -0.1) is 0 Å². The Bertz CT molecular complexity index is 1270. The summed E-state index contributed by atoms with van der Waals surface area (Å²) in [5.41, 5.74) is 1.56. The molecule has 0 radical (unpaired) electrons. The fourth-order valence-corrected chi connectivity index (χ4v) is 5.27. The summed E-state index contributed by atoms with van der Waals surface area (Å²) in [5, 5.41) is 0. The van der Waals surface area contributed by atoms with E-state index in [1.807, 2.05) is 0 Å². The number of piperazine rings is 1. The van der Waals surface area contributed by atoms with E-state index in [2.05, 4.69) is 9.88 Å². The molecule has 1 aromatic heterocycles. The molecule has 0 aliphatic carbocycles. The molecule has 9 heteroatoms. The summed E-state index contributed by atoms with van der Waals surface area (Å²) >= 11 is 0. The van der Waals surface area contributed by atoms with E-state index in [4.69, 9.17) is 4.74 Å². The number of ether oxygens (including phenoxy) is 1. The monoisotopic (exact) mass is 493 g/mol. The molecule has 3 aromatic rings. The fraction of sp³-hybridized carbons (Fsp3) is 0.269. The van der Waals surface area contributed by atoms with Gasteiger partial charge in [-0.05, 0) is 48.9 Å². The van der Waals surface area contributed by atoms with Crippen molar-refractivity contribution in [1.82, 2.24) is 9.88 Å². The van der Waals surface area contributed by atoms with Crippen molar-refractivity contribution in [3.63, 3.8) is 0 Å². The van der Waals surface area contributed by atoms with Crippen LogP contribution >= 0.6 is 0 Å². The summed E-state index contributed by atoms with van der Waals surface area (Å²) in [6, 6.07) is 18.6. The number of hydrogen-bond donors (Lipinski definition) is 0. The van der Waals surface area contributed by atoms with Gasteiger partial charge in [0.1, 0.15) is 5.82 Å². The van der Waals surface area contributed by atoms with Crippen molar-refractivity contribution in [3.8, 4) is 0 Å². The number of anilines is 1. The van der Waals surface area contributed by atoms with Gasteiger partial charge in [-0.1, -0.05) is 30.3 Å². The number of carbonyl (C=O) groups excluding carboxylic acids is 2. The summed E-state index contributed by atoms with van der Waals surface area (Å²) in [6.45, 7) is 4.36. The van der Waals surface area contributed by atoms with Crippen molar-refractivity contribution < 1.29 is 22.7 Å². The van der Waals surface area contributed by atoms with E-state index in [0.717, 1.165) is 5.82 Å². The molecule has 1 aliphatic heterocycles. The lowest BCUT2D eigenvalue weighted by atomic mass is 10.1. The van der Waals surface area contributed by atoms with Gasteiger partial charge >= 0.3 is 5.97 Å². The van der Waals surface area contributed by atoms with Crippen LogP contribution in [0.1, 0.15) is 33.2 Å². The normalized spacial score (nSPS) is 14.0. The van der Waals surface area contributed by atoms with Gasteiger partial charge in [0.15, 0.2) is 9.84 Å². The van der Waals surface area contributed by atoms with Crippen molar-refractivity contribution in [2.45, 2.75) is 17.6 Å². The maximum atomic E-state index is 13.0. The van der Waals surface area contributed by atoms with Crippen LogP contribution in [0, 0.1) is 0 Å². The highest BCUT2D eigenvalue weighted by molar-refractivity contribution is 7.90. The van der Waals surface area contributed by atoms with Crippen LogP contribution in [0.5, 0.6) is 0 Å². The van der Waals surface area contributed by atoms with Crippen molar-refractivity contribution in [1.29, 1.82) is 0 Å². The Morgan fingerprint density at radius 3 is 2.14 bits per heavy atom. The van der Waals surface area contributed by atoms with Crippen molar-refractivity contribution in [2.24, 2.45) is 0 Å². The molecule has 0 atom stereocenters. The van der Waals surface area contributed by atoms with Gasteiger partial charge in [-0.2, -0.15) is 0 Å². The quantitative estimate of drug-likeness (QED) is 0.466. The third kappa shape index (κ3) is 5.86. The Hall–Kier alpha value is -3.72. The molecule has 0 saturated carbocycles. The number of benzene rings is 2. The zero-order valence-electron chi connectivity index (χ0n) is 19.5. The fourth-order valence-electron chi connectivity index (χ4n) is 3.90. The van der Waals surface area contributed by atoms with Crippen LogP contribution in [-0.4, -0.2) is 63.0 Å². The predicted octanol–water partition coefficient (Wildman–Crippen LogP) is 3.19. The summed E-state index contributed by atoms with van der Waals surface area (Å²) in [7, 11) is -3.44. The number of amides is 1. The molecule has 0 spiro atoms. The Morgan fingerprint density at radius 2 is 1.54 bits per heavy atom. The molecule has 8 nitrogen and oxygen atoms in total. The van der Waals surface area contributed by atoms with Gasteiger partial charge in [-0.25, -0.2) is 18.2 Å². The molecule has 0 unspecified atom stereocenters. The van der Waals surface area contributed by atoms with Crippen molar-refractivity contribution in [3.05, 3.63) is 89.6 Å². The minimum Gasteiger partial charge on any atom is -0.462 e. The third-order valence-corrected chi connectivity index (χ3v) is 7.51. The van der Waals surface area contributed by atoms with Crippen LogP contribution in [0.2, 0.25) is 0 Å². The van der Waals surface area contributed by atoms with E-state index in [1.54, 1.807) is 78.6 Å². The lowest BCUT2D eigenvalue weighted by Gasteiger charge is -2.35. The van der Waals surface area contributed by atoms with Gasteiger partial charge in [0.05, 0.1) is 22.8 Å². The number of pyridine rings is 1. The highest BCUT2D eigenvalue weighted by Gasteiger charge is 2.23. The van der Waals surface area contributed by atoms with Crippen LogP contribution in [0.4, 0.5) is 5.82 Å². The number of esters is 1. The third-order valence-electron chi connectivity index (χ3n) is 5.81. The minimum atomic E-state index is -3.44. The molecule has 2 aromatic carbocycles. The predicted molar refractivity (Wildman–Crippen MR) is 132 cm³/mol. The minimum absolute atomic E-state index is 0.0901. The Balaban J connectivity index is 1.33. The number of carbonyl (C=O) groups is 2. The summed E-state index contributed by atoms with van der Waals surface area (Å²) in [4.78, 5) is 33.2. The smallest absolute Gasteiger partial charge is 0.339 e. The van der Waals surface area contributed by atoms with E-state index in [-0.39, 0.29) is 16.6 Å². The molecule has 1 aliphatic rings. The van der Waals surface area contributed by atoms with E-state index in [0.29, 0.717) is 49.5 Å². The second-order valence-corrected chi connectivity index (χ2v) is 10.2. The van der Waals surface area contributed by atoms with E-state index in [9.17, 15) is 18.0 Å². The van der Waals surface area contributed by atoms with Crippen LogP contribution in [0.3, 0.4) is 0 Å².